The Labute approximate surface area is 227 Å². The Balaban J connectivity index is 1.49. The van der Waals surface area contributed by atoms with E-state index in [0.717, 1.165) is 10.4 Å². The average Bonchev–Trinajstić information content (AvgIpc) is 3.38. The van der Waals surface area contributed by atoms with Crippen molar-refractivity contribution >= 4 is 60.5 Å². The number of benzene rings is 5. The van der Waals surface area contributed by atoms with Gasteiger partial charge in [-0.2, -0.15) is 0 Å². The summed E-state index contributed by atoms with van der Waals surface area (Å²) < 4.78 is 1.28. The molecular formula is C35H25NSSi. The van der Waals surface area contributed by atoms with E-state index in [1.165, 1.54) is 41.8 Å². The molecule has 5 aromatic carbocycles. The van der Waals surface area contributed by atoms with Crippen LogP contribution in [-0.2, 0) is 0 Å². The van der Waals surface area contributed by atoms with Crippen molar-refractivity contribution in [3.05, 3.63) is 152 Å². The van der Waals surface area contributed by atoms with Gasteiger partial charge in [-0.05, 0) is 38.4 Å². The van der Waals surface area contributed by atoms with E-state index in [4.69, 9.17) is 4.98 Å². The van der Waals surface area contributed by atoms with Gasteiger partial charge in [0, 0.05) is 27.2 Å². The molecule has 0 spiro atoms. The molecule has 2 heterocycles. The van der Waals surface area contributed by atoms with Gasteiger partial charge in [0.2, 0.25) is 0 Å². The predicted octanol–water partition coefficient (Wildman–Crippen LogP) is 6.49. The van der Waals surface area contributed by atoms with Gasteiger partial charge in [0.1, 0.15) is 4.83 Å². The smallest absolute Gasteiger partial charge is 0.179 e. The average molecular weight is 520 g/mol. The normalized spacial score (nSPS) is 11.7. The molecule has 0 saturated heterocycles. The fourth-order valence-electron chi connectivity index (χ4n) is 5.76. The molecule has 0 aliphatic rings. The van der Waals surface area contributed by atoms with E-state index in [1.54, 1.807) is 11.3 Å². The second-order valence-corrected chi connectivity index (χ2v) is 14.4. The van der Waals surface area contributed by atoms with E-state index in [-0.39, 0.29) is 0 Å². The van der Waals surface area contributed by atoms with Crippen LogP contribution in [0.5, 0.6) is 0 Å². The molecule has 0 bridgehead atoms. The van der Waals surface area contributed by atoms with Gasteiger partial charge in [-0.15, -0.1) is 11.3 Å². The van der Waals surface area contributed by atoms with Crippen LogP contribution >= 0.6 is 11.3 Å². The quantitative estimate of drug-likeness (QED) is 0.187. The predicted molar refractivity (Wildman–Crippen MR) is 166 cm³/mol. The van der Waals surface area contributed by atoms with Gasteiger partial charge in [0.15, 0.2) is 8.07 Å². The van der Waals surface area contributed by atoms with E-state index < -0.39 is 8.07 Å². The lowest BCUT2D eigenvalue weighted by Gasteiger charge is -2.34. The highest BCUT2D eigenvalue weighted by atomic mass is 32.1. The third-order valence-electron chi connectivity index (χ3n) is 7.48. The first-order valence-corrected chi connectivity index (χ1v) is 15.7. The molecule has 7 aromatic rings. The lowest BCUT2D eigenvalue weighted by atomic mass is 10.1. The summed E-state index contributed by atoms with van der Waals surface area (Å²) in [5.41, 5.74) is 2.35. The zero-order valence-electron chi connectivity index (χ0n) is 20.8. The van der Waals surface area contributed by atoms with E-state index in [0.29, 0.717) is 0 Å². The molecule has 1 nitrogen and oxygen atoms in total. The Morgan fingerprint density at radius 2 is 1.00 bits per heavy atom. The Morgan fingerprint density at radius 1 is 0.447 bits per heavy atom. The highest BCUT2D eigenvalue weighted by molar-refractivity contribution is 7.25. The van der Waals surface area contributed by atoms with Gasteiger partial charge in [0.25, 0.3) is 0 Å². The molecule has 0 saturated carbocycles. The zero-order chi connectivity index (χ0) is 25.4. The van der Waals surface area contributed by atoms with Crippen molar-refractivity contribution in [1.29, 1.82) is 0 Å². The highest BCUT2D eigenvalue weighted by Crippen LogP contribution is 2.34. The fourth-order valence-corrected chi connectivity index (χ4v) is 11.6. The van der Waals surface area contributed by atoms with Gasteiger partial charge < -0.3 is 0 Å². The van der Waals surface area contributed by atoms with E-state index in [1.807, 2.05) is 6.20 Å². The molecule has 2 aromatic heterocycles. The second-order valence-electron chi connectivity index (χ2n) is 9.60. The van der Waals surface area contributed by atoms with E-state index in [2.05, 4.69) is 146 Å². The summed E-state index contributed by atoms with van der Waals surface area (Å²) >= 11 is 1.76. The maximum absolute atomic E-state index is 4.89. The van der Waals surface area contributed by atoms with Gasteiger partial charge in [-0.3, -0.25) is 0 Å². The van der Waals surface area contributed by atoms with Crippen LogP contribution in [0, 0.1) is 0 Å². The third kappa shape index (κ3) is 3.71. The standard InChI is InChI=1S/C35H25NSSi/c1-4-14-28(15-5-1)38(29-16-6-2-7-17-29,30-18-8-3-9-19-30)31-20-12-13-26(23-31)27-24-33-32-21-10-11-22-34(32)37-35(33)36-25-27/h1-25H. The molecule has 0 amide bonds. The molecular weight excluding hydrogens is 495 g/mol. The molecule has 0 aliphatic carbocycles. The van der Waals surface area contributed by atoms with Crippen molar-refractivity contribution < 1.29 is 0 Å². The first-order chi connectivity index (χ1) is 18.8. The number of rotatable bonds is 5. The minimum atomic E-state index is -2.57. The number of hydrogen-bond acceptors (Lipinski definition) is 2. The third-order valence-corrected chi connectivity index (χ3v) is 13.4. The van der Waals surface area contributed by atoms with Gasteiger partial charge in [-0.25, -0.2) is 4.98 Å². The Morgan fingerprint density at radius 3 is 1.63 bits per heavy atom. The van der Waals surface area contributed by atoms with Crippen molar-refractivity contribution in [2.45, 2.75) is 0 Å². The van der Waals surface area contributed by atoms with Crippen LogP contribution in [0.2, 0.25) is 0 Å². The van der Waals surface area contributed by atoms with Crippen LogP contribution in [-0.4, -0.2) is 13.1 Å². The maximum atomic E-state index is 4.89. The molecule has 0 radical (unpaired) electrons. The van der Waals surface area contributed by atoms with E-state index in [9.17, 15) is 0 Å². The van der Waals surface area contributed by atoms with Crippen LogP contribution in [0.1, 0.15) is 0 Å². The van der Waals surface area contributed by atoms with Crippen molar-refractivity contribution in [3.63, 3.8) is 0 Å². The van der Waals surface area contributed by atoms with Crippen molar-refractivity contribution in [3.8, 4) is 11.1 Å². The largest absolute Gasteiger partial charge is 0.245 e. The molecule has 0 fully saturated rings. The van der Waals surface area contributed by atoms with Crippen molar-refractivity contribution in [1.82, 2.24) is 4.98 Å². The Bertz CT molecular complexity index is 1760. The molecule has 0 N–H and O–H groups in total. The molecule has 0 atom stereocenters. The SMILES string of the molecule is c1ccc([Si](c2ccccc2)(c2ccccc2)c2cccc(-c3cnc4sc5ccccc5c4c3)c2)cc1. The zero-order valence-corrected chi connectivity index (χ0v) is 22.6. The van der Waals surface area contributed by atoms with Crippen LogP contribution in [0.15, 0.2) is 152 Å². The second kappa shape index (κ2) is 9.53. The maximum Gasteiger partial charge on any atom is 0.179 e. The monoisotopic (exact) mass is 519 g/mol. The molecule has 7 rings (SSSR count). The minimum absolute atomic E-state index is 1.09. The summed E-state index contributed by atoms with van der Waals surface area (Å²) in [5, 5.41) is 8.02. The molecule has 180 valence electrons. The summed E-state index contributed by atoms with van der Waals surface area (Å²) in [6.45, 7) is 0. The van der Waals surface area contributed by atoms with Crippen LogP contribution in [0.3, 0.4) is 0 Å². The molecule has 38 heavy (non-hydrogen) atoms. The van der Waals surface area contributed by atoms with Crippen molar-refractivity contribution in [2.75, 3.05) is 0 Å². The number of nitrogens with zero attached hydrogens (tertiary/aromatic N) is 1. The summed E-state index contributed by atoms with van der Waals surface area (Å²) in [4.78, 5) is 5.98. The topological polar surface area (TPSA) is 12.9 Å². The number of pyridine rings is 1. The minimum Gasteiger partial charge on any atom is -0.245 e. The highest BCUT2D eigenvalue weighted by Gasteiger charge is 2.41. The van der Waals surface area contributed by atoms with Crippen molar-refractivity contribution in [2.24, 2.45) is 0 Å². The van der Waals surface area contributed by atoms with Gasteiger partial charge in [-0.1, -0.05) is 133 Å². The number of aromatic nitrogens is 1. The Hall–Kier alpha value is -4.31. The molecule has 0 unspecified atom stereocenters. The lowest BCUT2D eigenvalue weighted by molar-refractivity contribution is 1.44. The number of fused-ring (bicyclic) bond motifs is 3. The first-order valence-electron chi connectivity index (χ1n) is 12.9. The Kier molecular flexibility index (Phi) is 5.73. The summed E-state index contributed by atoms with van der Waals surface area (Å²) in [7, 11) is -2.57. The van der Waals surface area contributed by atoms with Crippen LogP contribution < -0.4 is 20.7 Å². The lowest BCUT2D eigenvalue weighted by Crippen LogP contribution is -2.74. The fraction of sp³-hybridized carbons (Fsp3) is 0. The number of hydrogen-bond donors (Lipinski definition) is 0. The van der Waals surface area contributed by atoms with E-state index >= 15 is 0 Å². The van der Waals surface area contributed by atoms with Gasteiger partial charge in [0.05, 0.1) is 0 Å². The summed E-state index contributed by atoms with van der Waals surface area (Å²) in [6, 6.07) is 53.3. The summed E-state index contributed by atoms with van der Waals surface area (Å²) in [6.07, 6.45) is 2.04. The summed E-state index contributed by atoms with van der Waals surface area (Å²) in [5.74, 6) is 0. The van der Waals surface area contributed by atoms with Crippen LogP contribution in [0.4, 0.5) is 0 Å². The number of thiophene rings is 1. The van der Waals surface area contributed by atoms with Gasteiger partial charge >= 0.3 is 0 Å². The van der Waals surface area contributed by atoms with Crippen LogP contribution in [0.25, 0.3) is 31.4 Å². The molecule has 0 aliphatic heterocycles. The molecule has 3 heteroatoms. The first kappa shape index (κ1) is 22.9.